The molecule has 0 aliphatic carbocycles. The van der Waals surface area contributed by atoms with Crippen molar-refractivity contribution in [3.05, 3.63) is 63.1 Å². The van der Waals surface area contributed by atoms with Crippen molar-refractivity contribution in [3.63, 3.8) is 0 Å². The van der Waals surface area contributed by atoms with Gasteiger partial charge in [-0.1, -0.05) is 30.3 Å². The molecule has 142 valence electrons. The molecule has 1 aliphatic rings. The lowest BCUT2D eigenvalue weighted by molar-refractivity contribution is 0.102. The average molecular weight is 421 g/mol. The molecule has 1 aromatic carbocycles. The number of hydrogen-bond donors (Lipinski definition) is 2. The molecule has 0 bridgehead atoms. The van der Waals surface area contributed by atoms with E-state index in [-0.39, 0.29) is 18.3 Å². The fourth-order valence-electron chi connectivity index (χ4n) is 3.07. The van der Waals surface area contributed by atoms with E-state index >= 15 is 0 Å². The van der Waals surface area contributed by atoms with E-state index in [1.807, 2.05) is 29.8 Å². The second kappa shape index (κ2) is 9.41. The van der Waals surface area contributed by atoms with Crippen molar-refractivity contribution in [3.8, 4) is 0 Å². The average Bonchev–Trinajstić information content (AvgIpc) is 3.33. The number of aromatic nitrogens is 2. The van der Waals surface area contributed by atoms with Crippen molar-refractivity contribution in [1.82, 2.24) is 15.3 Å². The SMILES string of the molecule is Cl.O=C(Nc1ncc(C2CCNCC2)s1)c1csc(Cc2ccccc2)n1. The summed E-state index contributed by atoms with van der Waals surface area (Å²) < 4.78 is 0. The Morgan fingerprint density at radius 2 is 2.00 bits per heavy atom. The maximum absolute atomic E-state index is 12.5. The zero-order valence-corrected chi connectivity index (χ0v) is 17.1. The van der Waals surface area contributed by atoms with Gasteiger partial charge in [0.2, 0.25) is 0 Å². The van der Waals surface area contributed by atoms with Crippen LogP contribution in [0.4, 0.5) is 5.13 Å². The summed E-state index contributed by atoms with van der Waals surface area (Å²) in [5.74, 6) is 0.364. The second-order valence-corrected chi connectivity index (χ2v) is 8.34. The van der Waals surface area contributed by atoms with Crippen molar-refractivity contribution >= 4 is 46.1 Å². The molecule has 0 atom stereocenters. The van der Waals surface area contributed by atoms with Gasteiger partial charge in [0.05, 0.1) is 5.01 Å². The highest BCUT2D eigenvalue weighted by Crippen LogP contribution is 2.31. The maximum Gasteiger partial charge on any atom is 0.276 e. The van der Waals surface area contributed by atoms with Gasteiger partial charge in [-0.2, -0.15) is 0 Å². The number of benzene rings is 1. The summed E-state index contributed by atoms with van der Waals surface area (Å²) in [6.45, 7) is 2.10. The molecule has 0 spiro atoms. The summed E-state index contributed by atoms with van der Waals surface area (Å²) in [5.41, 5.74) is 1.65. The fourth-order valence-corrected chi connectivity index (χ4v) is 4.86. The van der Waals surface area contributed by atoms with Gasteiger partial charge in [0.15, 0.2) is 5.13 Å². The summed E-state index contributed by atoms with van der Waals surface area (Å²) in [6.07, 6.45) is 4.91. The van der Waals surface area contributed by atoms with Crippen LogP contribution in [-0.2, 0) is 6.42 Å². The number of thiazole rings is 2. The predicted molar refractivity (Wildman–Crippen MR) is 114 cm³/mol. The smallest absolute Gasteiger partial charge is 0.276 e. The molecule has 0 unspecified atom stereocenters. The van der Waals surface area contributed by atoms with Gasteiger partial charge in [-0.3, -0.25) is 10.1 Å². The molecule has 8 heteroatoms. The van der Waals surface area contributed by atoms with Gasteiger partial charge in [-0.15, -0.1) is 35.1 Å². The lowest BCUT2D eigenvalue weighted by Gasteiger charge is -2.20. The first-order chi connectivity index (χ1) is 12.8. The van der Waals surface area contributed by atoms with E-state index in [1.165, 1.54) is 21.8 Å². The number of hydrogen-bond acceptors (Lipinski definition) is 6. The lowest BCUT2D eigenvalue weighted by atomic mass is 9.97. The third-order valence-corrected chi connectivity index (χ3v) is 6.39. The van der Waals surface area contributed by atoms with E-state index in [1.54, 1.807) is 11.3 Å². The highest BCUT2D eigenvalue weighted by molar-refractivity contribution is 7.15. The molecule has 1 aliphatic heterocycles. The minimum Gasteiger partial charge on any atom is -0.317 e. The van der Waals surface area contributed by atoms with Crippen LogP contribution in [0.15, 0.2) is 41.9 Å². The number of carbonyl (C=O) groups excluding carboxylic acids is 1. The molecule has 27 heavy (non-hydrogen) atoms. The Hall–Kier alpha value is -1.80. The molecular weight excluding hydrogens is 400 g/mol. The zero-order valence-electron chi connectivity index (χ0n) is 14.7. The quantitative estimate of drug-likeness (QED) is 0.644. The summed E-state index contributed by atoms with van der Waals surface area (Å²) in [6, 6.07) is 10.2. The van der Waals surface area contributed by atoms with Gasteiger partial charge >= 0.3 is 0 Å². The largest absolute Gasteiger partial charge is 0.317 e. The van der Waals surface area contributed by atoms with E-state index in [0.717, 1.165) is 37.4 Å². The second-order valence-electron chi connectivity index (χ2n) is 6.34. The van der Waals surface area contributed by atoms with Crippen LogP contribution in [0.25, 0.3) is 0 Å². The number of piperidine rings is 1. The van der Waals surface area contributed by atoms with Gasteiger partial charge < -0.3 is 5.32 Å². The Labute approximate surface area is 172 Å². The molecule has 1 fully saturated rings. The van der Waals surface area contributed by atoms with Crippen LogP contribution in [0.1, 0.15) is 44.7 Å². The van der Waals surface area contributed by atoms with Gasteiger partial charge in [0.1, 0.15) is 5.69 Å². The van der Waals surface area contributed by atoms with Crippen molar-refractivity contribution in [2.45, 2.75) is 25.2 Å². The fraction of sp³-hybridized carbons (Fsp3) is 0.316. The Bertz CT molecular complexity index is 875. The molecule has 0 radical (unpaired) electrons. The van der Waals surface area contributed by atoms with Crippen LogP contribution in [0.2, 0.25) is 0 Å². The van der Waals surface area contributed by atoms with E-state index in [4.69, 9.17) is 0 Å². The molecule has 2 aromatic heterocycles. The third-order valence-electron chi connectivity index (χ3n) is 4.47. The number of anilines is 1. The molecule has 3 heterocycles. The first-order valence-corrected chi connectivity index (χ1v) is 10.4. The molecular formula is C19H21ClN4OS2. The molecule has 4 rings (SSSR count). The van der Waals surface area contributed by atoms with Gasteiger partial charge in [0, 0.05) is 22.9 Å². The highest BCUT2D eigenvalue weighted by Gasteiger charge is 2.19. The van der Waals surface area contributed by atoms with E-state index in [2.05, 4.69) is 32.7 Å². The lowest BCUT2D eigenvalue weighted by Crippen LogP contribution is -2.26. The van der Waals surface area contributed by atoms with Crippen LogP contribution >= 0.6 is 35.1 Å². The summed E-state index contributed by atoms with van der Waals surface area (Å²) >= 11 is 3.09. The monoisotopic (exact) mass is 420 g/mol. The van der Waals surface area contributed by atoms with Crippen molar-refractivity contribution in [2.75, 3.05) is 18.4 Å². The van der Waals surface area contributed by atoms with Crippen molar-refractivity contribution in [2.24, 2.45) is 0 Å². The standard InChI is InChI=1S/C19H20N4OS2.ClH/c24-18(15-12-25-17(22-15)10-13-4-2-1-3-5-13)23-19-21-11-16(26-19)14-6-8-20-9-7-14;/h1-5,11-12,14,20H,6-10H2,(H,21,23,24);1H. The molecule has 3 aromatic rings. The van der Waals surface area contributed by atoms with Gasteiger partial charge in [0.25, 0.3) is 5.91 Å². The van der Waals surface area contributed by atoms with Crippen LogP contribution in [0.5, 0.6) is 0 Å². The van der Waals surface area contributed by atoms with Crippen LogP contribution < -0.4 is 10.6 Å². The zero-order chi connectivity index (χ0) is 17.8. The van der Waals surface area contributed by atoms with Crippen molar-refractivity contribution < 1.29 is 4.79 Å². The Morgan fingerprint density at radius 3 is 2.78 bits per heavy atom. The number of amides is 1. The minimum absolute atomic E-state index is 0. The van der Waals surface area contributed by atoms with E-state index in [9.17, 15) is 4.79 Å². The minimum atomic E-state index is -0.188. The van der Waals surface area contributed by atoms with Gasteiger partial charge in [-0.05, 0) is 37.4 Å². The number of nitrogens with zero attached hydrogens (tertiary/aromatic N) is 2. The highest BCUT2D eigenvalue weighted by atomic mass is 35.5. The molecule has 0 saturated carbocycles. The Balaban J connectivity index is 0.00000210. The summed E-state index contributed by atoms with van der Waals surface area (Å²) in [4.78, 5) is 22.6. The number of carbonyl (C=O) groups is 1. The molecule has 2 N–H and O–H groups in total. The van der Waals surface area contributed by atoms with Crippen LogP contribution in [-0.4, -0.2) is 29.0 Å². The van der Waals surface area contributed by atoms with Crippen LogP contribution in [0.3, 0.4) is 0 Å². The third kappa shape index (κ3) is 5.13. The first kappa shape index (κ1) is 19.9. The molecule has 1 amide bonds. The number of nitrogens with one attached hydrogen (secondary N) is 2. The Morgan fingerprint density at radius 1 is 1.22 bits per heavy atom. The first-order valence-electron chi connectivity index (χ1n) is 8.74. The normalized spacial score (nSPS) is 14.5. The van der Waals surface area contributed by atoms with Gasteiger partial charge in [-0.25, -0.2) is 9.97 Å². The predicted octanol–water partition coefficient (Wildman–Crippen LogP) is 4.33. The molecule has 5 nitrogen and oxygen atoms in total. The van der Waals surface area contributed by atoms with E-state index in [0.29, 0.717) is 16.7 Å². The Kier molecular flexibility index (Phi) is 6.95. The van der Waals surface area contributed by atoms with Crippen molar-refractivity contribution in [1.29, 1.82) is 0 Å². The topological polar surface area (TPSA) is 66.9 Å². The number of rotatable bonds is 5. The van der Waals surface area contributed by atoms with Crippen LogP contribution in [0, 0.1) is 0 Å². The number of halogens is 1. The summed E-state index contributed by atoms with van der Waals surface area (Å²) in [7, 11) is 0. The maximum atomic E-state index is 12.5. The molecule has 1 saturated heterocycles. The summed E-state index contributed by atoms with van der Waals surface area (Å²) in [5, 5.41) is 9.67. The van der Waals surface area contributed by atoms with E-state index < -0.39 is 0 Å².